The number of ether oxygens (including phenoxy) is 10. The van der Waals surface area contributed by atoms with Crippen molar-refractivity contribution in [3.05, 3.63) is 215 Å². The summed E-state index contributed by atoms with van der Waals surface area (Å²) in [7, 11) is 1.60. The van der Waals surface area contributed by atoms with Crippen molar-refractivity contribution < 1.29 is 47.4 Å². The van der Waals surface area contributed by atoms with Crippen LogP contribution in [0, 0.1) is 0 Å². The van der Waals surface area contributed by atoms with Gasteiger partial charge in [-0.3, -0.25) is 0 Å². The van der Waals surface area contributed by atoms with Crippen LogP contribution in [0.1, 0.15) is 33.4 Å². The van der Waals surface area contributed by atoms with E-state index < -0.39 is 55.3 Å². The molecule has 2 heterocycles. The Kier molecular flexibility index (Phi) is 17.3. The summed E-state index contributed by atoms with van der Waals surface area (Å²) in [6, 6.07) is 60.3. The van der Waals surface area contributed by atoms with Crippen LogP contribution in [-0.2, 0) is 87.0 Å². The van der Waals surface area contributed by atoms with Gasteiger partial charge in [-0.15, -0.1) is 0 Å². The molecule has 9 atom stereocenters. The first-order valence-corrected chi connectivity index (χ1v) is 22.0. The van der Waals surface area contributed by atoms with Crippen molar-refractivity contribution in [1.29, 1.82) is 0 Å². The Labute approximate surface area is 376 Å². The molecule has 0 aliphatic carbocycles. The Balaban J connectivity index is 1.10. The molecule has 2 aliphatic heterocycles. The zero-order valence-corrected chi connectivity index (χ0v) is 36.3. The van der Waals surface area contributed by atoms with Crippen LogP contribution in [0.2, 0.25) is 0 Å². The predicted molar refractivity (Wildman–Crippen MR) is 241 cm³/mol. The van der Waals surface area contributed by atoms with E-state index in [0.717, 1.165) is 33.4 Å². The van der Waals surface area contributed by atoms with Crippen LogP contribution >= 0.6 is 0 Å². The lowest BCUT2D eigenvalue weighted by Crippen LogP contribution is -2.62. The average Bonchev–Trinajstić information content (AvgIpc) is 3.68. The fourth-order valence-electron chi connectivity index (χ4n) is 8.01. The Bertz CT molecular complexity index is 2170. The van der Waals surface area contributed by atoms with Crippen LogP contribution in [0.15, 0.2) is 182 Å². The summed E-state index contributed by atoms with van der Waals surface area (Å²) in [5, 5.41) is 0. The van der Waals surface area contributed by atoms with Crippen molar-refractivity contribution in [2.45, 2.75) is 94.9 Å². The molecule has 0 amide bonds. The summed E-state index contributed by atoms with van der Waals surface area (Å²) in [5.41, 5.74) is 6.12. The fraction of sp³-hybridized carbons (Fsp3) is 0.333. The van der Waals surface area contributed by atoms with Crippen LogP contribution in [0.3, 0.4) is 0 Å². The second-order valence-corrected chi connectivity index (χ2v) is 16.0. The highest BCUT2D eigenvalue weighted by Crippen LogP contribution is 2.36. The molecular formula is C54H58O10. The molecule has 2 saturated heterocycles. The molecule has 0 saturated carbocycles. The molecule has 64 heavy (non-hydrogen) atoms. The van der Waals surface area contributed by atoms with Gasteiger partial charge in [-0.2, -0.15) is 0 Å². The molecule has 0 radical (unpaired) electrons. The highest BCUT2D eigenvalue weighted by Gasteiger charge is 2.54. The monoisotopic (exact) mass is 866 g/mol. The van der Waals surface area contributed by atoms with E-state index in [2.05, 4.69) is 0 Å². The lowest BCUT2D eigenvalue weighted by molar-refractivity contribution is -0.347. The van der Waals surface area contributed by atoms with E-state index in [1.54, 1.807) is 7.11 Å². The molecule has 0 spiro atoms. The Hall–Kier alpha value is -5.08. The van der Waals surface area contributed by atoms with E-state index in [1.165, 1.54) is 0 Å². The summed E-state index contributed by atoms with van der Waals surface area (Å²) in [6.45, 7) is 2.45. The van der Waals surface area contributed by atoms with Gasteiger partial charge in [0.25, 0.3) is 0 Å². The Morgan fingerprint density at radius 3 is 0.984 bits per heavy atom. The minimum absolute atomic E-state index is 0.213. The van der Waals surface area contributed by atoms with Crippen LogP contribution in [0.5, 0.6) is 0 Å². The zero-order chi connectivity index (χ0) is 43.6. The fourth-order valence-corrected chi connectivity index (χ4v) is 8.01. The summed E-state index contributed by atoms with van der Waals surface area (Å²) >= 11 is 0. The van der Waals surface area contributed by atoms with Crippen LogP contribution in [0.25, 0.3) is 0 Å². The van der Waals surface area contributed by atoms with Crippen molar-refractivity contribution >= 4 is 0 Å². The lowest BCUT2D eigenvalue weighted by atomic mass is 9.97. The maximum Gasteiger partial charge on any atom is 0.187 e. The second-order valence-electron chi connectivity index (χ2n) is 16.0. The molecule has 6 aromatic rings. The molecule has 10 nitrogen and oxygen atoms in total. The van der Waals surface area contributed by atoms with Gasteiger partial charge >= 0.3 is 0 Å². The summed E-state index contributed by atoms with van der Waals surface area (Å²) < 4.78 is 67.0. The summed E-state index contributed by atoms with van der Waals surface area (Å²) in [6.07, 6.45) is -6.51. The number of hydrogen-bond donors (Lipinski definition) is 0. The minimum Gasteiger partial charge on any atom is -0.374 e. The summed E-state index contributed by atoms with van der Waals surface area (Å²) in [5.74, 6) is 0. The SMILES string of the molecule is CO[C@H]1O[C@H](COCc2ccccc2)[C@@H](OCc2ccccc2)[C@H](OCc2ccccc2)[C@@H]1O[C@H]1O[C@H](COCc2ccccc2)[C@@H](OCc2ccccc2)[C@@H]1OCc1ccccc1. The number of rotatable bonds is 23. The van der Waals surface area contributed by atoms with E-state index in [-0.39, 0.29) is 19.8 Å². The number of benzene rings is 6. The minimum atomic E-state index is -0.954. The number of hydrogen-bond acceptors (Lipinski definition) is 10. The molecule has 0 N–H and O–H groups in total. The largest absolute Gasteiger partial charge is 0.374 e. The van der Waals surface area contributed by atoms with Crippen molar-refractivity contribution in [3.63, 3.8) is 0 Å². The first kappa shape index (κ1) is 45.5. The van der Waals surface area contributed by atoms with Gasteiger partial charge in [-0.05, 0) is 33.4 Å². The Morgan fingerprint density at radius 1 is 0.328 bits per heavy atom. The molecule has 8 rings (SSSR count). The third-order valence-electron chi connectivity index (χ3n) is 11.3. The highest BCUT2D eigenvalue weighted by atomic mass is 16.8. The highest BCUT2D eigenvalue weighted by molar-refractivity contribution is 5.18. The Morgan fingerprint density at radius 2 is 0.625 bits per heavy atom. The topological polar surface area (TPSA) is 92.3 Å². The van der Waals surface area contributed by atoms with Crippen molar-refractivity contribution in [2.24, 2.45) is 0 Å². The normalized spacial score (nSPS) is 24.4. The molecule has 334 valence electrons. The molecule has 2 aliphatic rings. The molecule has 10 heteroatoms. The van der Waals surface area contributed by atoms with Gasteiger partial charge in [0, 0.05) is 7.11 Å². The van der Waals surface area contributed by atoms with E-state index in [9.17, 15) is 0 Å². The average molecular weight is 867 g/mol. The predicted octanol–water partition coefficient (Wildman–Crippen LogP) is 9.24. The smallest absolute Gasteiger partial charge is 0.187 e. The van der Waals surface area contributed by atoms with Gasteiger partial charge in [0.15, 0.2) is 12.6 Å². The van der Waals surface area contributed by atoms with Crippen LogP contribution in [0.4, 0.5) is 0 Å². The van der Waals surface area contributed by atoms with Gasteiger partial charge in [0.05, 0.1) is 52.9 Å². The van der Waals surface area contributed by atoms with E-state index in [1.807, 2.05) is 182 Å². The maximum atomic E-state index is 7.16. The first-order valence-electron chi connectivity index (χ1n) is 22.0. The number of methoxy groups -OCH3 is 1. The molecule has 2 fully saturated rings. The second kappa shape index (κ2) is 24.3. The van der Waals surface area contributed by atoms with Gasteiger partial charge in [0.1, 0.15) is 42.7 Å². The third-order valence-corrected chi connectivity index (χ3v) is 11.3. The molecule has 0 unspecified atom stereocenters. The van der Waals surface area contributed by atoms with E-state index in [4.69, 9.17) is 47.4 Å². The molecular weight excluding hydrogens is 809 g/mol. The van der Waals surface area contributed by atoms with Crippen LogP contribution < -0.4 is 0 Å². The van der Waals surface area contributed by atoms with Gasteiger partial charge < -0.3 is 47.4 Å². The van der Waals surface area contributed by atoms with Crippen molar-refractivity contribution in [2.75, 3.05) is 20.3 Å². The third kappa shape index (κ3) is 13.0. The zero-order valence-electron chi connectivity index (χ0n) is 36.3. The maximum absolute atomic E-state index is 7.16. The lowest BCUT2D eigenvalue weighted by Gasteiger charge is -2.46. The van der Waals surface area contributed by atoms with Gasteiger partial charge in [-0.25, -0.2) is 0 Å². The van der Waals surface area contributed by atoms with Crippen LogP contribution in [-0.4, -0.2) is 75.6 Å². The molecule has 6 aromatic carbocycles. The van der Waals surface area contributed by atoms with Crippen molar-refractivity contribution in [1.82, 2.24) is 0 Å². The first-order chi connectivity index (χ1) is 31.7. The van der Waals surface area contributed by atoms with E-state index in [0.29, 0.717) is 33.0 Å². The molecule has 0 aromatic heterocycles. The summed E-state index contributed by atoms with van der Waals surface area (Å²) in [4.78, 5) is 0. The standard InChI is InChI=1S/C54H58O10/c1-55-53-52(50(60-36-44-28-16-6-17-29-44)48(58-34-42-24-12-4-13-25-42)46(62-53)38-56-32-40-20-8-2-9-21-40)64-54-51(61-37-45-30-18-7-19-31-45)49(59-35-43-26-14-5-15-27-43)47(63-54)39-57-33-41-22-10-3-11-23-41/h2-31,46-54H,32-39H2,1H3/t46-,47-,48-,49-,50+,51+,52+,53+,54-/m1/s1. The van der Waals surface area contributed by atoms with Crippen molar-refractivity contribution in [3.8, 4) is 0 Å². The quantitative estimate of drug-likeness (QED) is 0.0621. The van der Waals surface area contributed by atoms with Gasteiger partial charge in [-0.1, -0.05) is 182 Å². The van der Waals surface area contributed by atoms with E-state index >= 15 is 0 Å². The molecule has 0 bridgehead atoms. The van der Waals surface area contributed by atoms with Gasteiger partial charge in [0.2, 0.25) is 0 Å².